The molecule has 0 unspecified atom stereocenters. The van der Waals surface area contributed by atoms with Gasteiger partial charge in [0.1, 0.15) is 5.82 Å². The van der Waals surface area contributed by atoms with Gasteiger partial charge in [-0.2, -0.15) is 0 Å². The molecule has 0 aliphatic heterocycles. The lowest BCUT2D eigenvalue weighted by atomic mass is 10.3. The minimum Gasteiger partial charge on any atom is -0.476 e. The average molecular weight is 293 g/mol. The molecule has 7 nitrogen and oxygen atoms in total. The summed E-state index contributed by atoms with van der Waals surface area (Å²) in [6.07, 6.45) is 3.55. The Kier molecular flexibility index (Phi) is 3.66. The van der Waals surface area contributed by atoms with Gasteiger partial charge in [0.05, 0.1) is 17.3 Å². The third-order valence-corrected chi connectivity index (χ3v) is 3.55. The topological polar surface area (TPSA) is 109 Å². The lowest BCUT2D eigenvalue weighted by Crippen LogP contribution is -2.03. The maximum atomic E-state index is 11.3. The molecule has 0 fully saturated rings. The molecular formula is C12H11N3O4S. The van der Waals surface area contributed by atoms with Crippen LogP contribution < -0.4 is 5.32 Å². The van der Waals surface area contributed by atoms with E-state index in [1.807, 2.05) is 0 Å². The quantitative estimate of drug-likeness (QED) is 0.874. The highest BCUT2D eigenvalue weighted by atomic mass is 32.2. The first-order valence-corrected chi connectivity index (χ1v) is 7.38. The van der Waals surface area contributed by atoms with Crippen molar-refractivity contribution < 1.29 is 18.3 Å². The fraction of sp³-hybridized carbons (Fsp3) is 0.0833. The summed E-state index contributed by atoms with van der Waals surface area (Å²) in [6.45, 7) is 0. The Morgan fingerprint density at radius 2 is 1.80 bits per heavy atom. The molecule has 20 heavy (non-hydrogen) atoms. The summed E-state index contributed by atoms with van der Waals surface area (Å²) < 4.78 is 22.6. The monoisotopic (exact) mass is 293 g/mol. The second-order valence-corrected chi connectivity index (χ2v) is 6.03. The molecule has 0 bridgehead atoms. The smallest absolute Gasteiger partial charge is 0.356 e. The molecule has 2 aromatic rings. The van der Waals surface area contributed by atoms with Gasteiger partial charge >= 0.3 is 5.97 Å². The normalized spacial score (nSPS) is 11.1. The van der Waals surface area contributed by atoms with E-state index in [2.05, 4.69) is 15.3 Å². The minimum atomic E-state index is -3.23. The van der Waals surface area contributed by atoms with Crippen molar-refractivity contribution in [3.63, 3.8) is 0 Å². The predicted octanol–water partition coefficient (Wildman–Crippen LogP) is 1.32. The summed E-state index contributed by atoms with van der Waals surface area (Å²) in [5, 5.41) is 11.6. The highest BCUT2D eigenvalue weighted by Crippen LogP contribution is 2.17. The molecule has 2 rings (SSSR count). The van der Waals surface area contributed by atoms with Crippen molar-refractivity contribution in [1.82, 2.24) is 9.97 Å². The molecule has 0 atom stereocenters. The fourth-order valence-electron chi connectivity index (χ4n) is 1.44. The number of carboxylic acids is 1. The highest BCUT2D eigenvalue weighted by Gasteiger charge is 2.07. The van der Waals surface area contributed by atoms with E-state index in [1.54, 1.807) is 12.1 Å². The van der Waals surface area contributed by atoms with Gasteiger partial charge < -0.3 is 10.4 Å². The van der Waals surface area contributed by atoms with E-state index < -0.39 is 15.8 Å². The summed E-state index contributed by atoms with van der Waals surface area (Å²) in [5.74, 6) is -0.788. The molecule has 104 valence electrons. The first kappa shape index (κ1) is 13.9. The second-order valence-electron chi connectivity index (χ2n) is 4.01. The standard InChI is InChI=1S/C12H11N3O4S/c1-20(18,19)9-4-2-8(3-5-9)15-11-7-13-10(6-14-11)12(16)17/h2-7H,1H3,(H,14,15)(H,16,17). The maximum absolute atomic E-state index is 11.3. The van der Waals surface area contributed by atoms with Crippen LogP contribution in [0.4, 0.5) is 11.5 Å². The summed E-state index contributed by atoms with van der Waals surface area (Å²) in [4.78, 5) is 18.4. The van der Waals surface area contributed by atoms with E-state index in [-0.39, 0.29) is 10.6 Å². The number of nitrogens with one attached hydrogen (secondary N) is 1. The Labute approximate surface area is 115 Å². The largest absolute Gasteiger partial charge is 0.476 e. The van der Waals surface area contributed by atoms with E-state index in [9.17, 15) is 13.2 Å². The number of carbonyl (C=O) groups is 1. The minimum absolute atomic E-state index is 0.150. The van der Waals surface area contributed by atoms with Crippen LogP contribution >= 0.6 is 0 Å². The number of anilines is 2. The Balaban J connectivity index is 2.16. The third kappa shape index (κ3) is 3.29. The van der Waals surface area contributed by atoms with Crippen molar-refractivity contribution in [1.29, 1.82) is 0 Å². The zero-order valence-corrected chi connectivity index (χ0v) is 11.3. The summed E-state index contributed by atoms with van der Waals surface area (Å²) >= 11 is 0. The lowest BCUT2D eigenvalue weighted by Gasteiger charge is -2.06. The highest BCUT2D eigenvalue weighted by molar-refractivity contribution is 7.90. The van der Waals surface area contributed by atoms with Crippen molar-refractivity contribution >= 4 is 27.3 Å². The van der Waals surface area contributed by atoms with Crippen LogP contribution in [0, 0.1) is 0 Å². The number of rotatable bonds is 4. The fourth-order valence-corrected chi connectivity index (χ4v) is 2.07. The van der Waals surface area contributed by atoms with E-state index >= 15 is 0 Å². The van der Waals surface area contributed by atoms with Crippen LogP contribution in [-0.2, 0) is 9.84 Å². The zero-order chi connectivity index (χ0) is 14.8. The van der Waals surface area contributed by atoms with Crippen LogP contribution in [0.2, 0.25) is 0 Å². The zero-order valence-electron chi connectivity index (χ0n) is 10.4. The van der Waals surface area contributed by atoms with E-state index in [1.165, 1.54) is 18.3 Å². The van der Waals surface area contributed by atoms with Crippen molar-refractivity contribution in [3.8, 4) is 0 Å². The number of aromatic carboxylic acids is 1. The Hall–Kier alpha value is -2.48. The van der Waals surface area contributed by atoms with Crippen LogP contribution in [0.25, 0.3) is 0 Å². The molecule has 1 aromatic carbocycles. The first-order valence-electron chi connectivity index (χ1n) is 5.49. The number of carboxylic acid groups (broad SMARTS) is 1. The van der Waals surface area contributed by atoms with Crippen LogP contribution in [0.1, 0.15) is 10.5 Å². The van der Waals surface area contributed by atoms with Crippen LogP contribution in [0.15, 0.2) is 41.6 Å². The van der Waals surface area contributed by atoms with Gasteiger partial charge in [-0.3, -0.25) is 0 Å². The van der Waals surface area contributed by atoms with Crippen molar-refractivity contribution in [3.05, 3.63) is 42.4 Å². The number of nitrogens with zero attached hydrogens (tertiary/aromatic N) is 2. The molecule has 1 aromatic heterocycles. The third-order valence-electron chi connectivity index (χ3n) is 2.43. The van der Waals surface area contributed by atoms with E-state index in [4.69, 9.17) is 5.11 Å². The molecule has 0 amide bonds. The molecule has 0 saturated carbocycles. The SMILES string of the molecule is CS(=O)(=O)c1ccc(Nc2cnc(C(=O)O)cn2)cc1. The van der Waals surface area contributed by atoms with Crippen molar-refractivity contribution in [2.45, 2.75) is 4.90 Å². The number of sulfone groups is 1. The van der Waals surface area contributed by atoms with Gasteiger partial charge in [0.15, 0.2) is 15.5 Å². The average Bonchev–Trinajstić information content (AvgIpc) is 2.39. The van der Waals surface area contributed by atoms with Crippen molar-refractivity contribution in [2.24, 2.45) is 0 Å². The summed E-state index contributed by atoms with van der Waals surface area (Å²) in [6, 6.07) is 6.11. The Morgan fingerprint density at radius 3 is 2.25 bits per heavy atom. The maximum Gasteiger partial charge on any atom is 0.356 e. The van der Waals surface area contributed by atoms with Gasteiger partial charge in [-0.25, -0.2) is 23.2 Å². The van der Waals surface area contributed by atoms with E-state index in [0.29, 0.717) is 11.5 Å². The van der Waals surface area contributed by atoms with E-state index in [0.717, 1.165) is 12.5 Å². The predicted molar refractivity (Wildman–Crippen MR) is 71.8 cm³/mol. The summed E-state index contributed by atoms with van der Waals surface area (Å²) in [7, 11) is -3.23. The molecule has 0 spiro atoms. The van der Waals surface area contributed by atoms with Crippen LogP contribution in [-0.4, -0.2) is 35.7 Å². The van der Waals surface area contributed by atoms with Gasteiger partial charge in [0.25, 0.3) is 0 Å². The van der Waals surface area contributed by atoms with Crippen LogP contribution in [0.5, 0.6) is 0 Å². The number of hydrogen-bond acceptors (Lipinski definition) is 6. The van der Waals surface area contributed by atoms with Crippen LogP contribution in [0.3, 0.4) is 0 Å². The van der Waals surface area contributed by atoms with Gasteiger partial charge in [-0.15, -0.1) is 0 Å². The summed E-state index contributed by atoms with van der Waals surface area (Å²) in [5.41, 5.74) is 0.470. The number of hydrogen-bond donors (Lipinski definition) is 2. The molecule has 0 radical (unpaired) electrons. The van der Waals surface area contributed by atoms with Gasteiger partial charge in [0, 0.05) is 11.9 Å². The molecule has 8 heteroatoms. The molecule has 1 heterocycles. The van der Waals surface area contributed by atoms with Crippen molar-refractivity contribution in [2.75, 3.05) is 11.6 Å². The molecule has 2 N–H and O–H groups in total. The van der Waals surface area contributed by atoms with Gasteiger partial charge in [-0.05, 0) is 24.3 Å². The lowest BCUT2D eigenvalue weighted by molar-refractivity contribution is 0.0690. The molecule has 0 aliphatic carbocycles. The molecule has 0 saturated heterocycles. The number of benzene rings is 1. The van der Waals surface area contributed by atoms with Gasteiger partial charge in [0.2, 0.25) is 0 Å². The Bertz CT molecular complexity index is 724. The Morgan fingerprint density at radius 1 is 1.15 bits per heavy atom. The molecule has 0 aliphatic rings. The second kappa shape index (κ2) is 5.25. The molecular weight excluding hydrogens is 282 g/mol. The van der Waals surface area contributed by atoms with Gasteiger partial charge in [-0.1, -0.05) is 0 Å². The number of aromatic nitrogens is 2. The first-order chi connectivity index (χ1) is 9.36.